The number of ether oxygens (including phenoxy) is 2. The van der Waals surface area contributed by atoms with Gasteiger partial charge >= 0.3 is 0 Å². The number of rotatable bonds is 55. The standard InChI is InChI=1S/C69H121NO8/c1-3-5-7-9-11-13-15-17-19-21-23-25-27-28-29-30-31-32-33-34-35-37-38-40-42-44-46-48-50-52-54-56-58-63(72)62(61-77-69-68(76)67(75)66(74)64(60-71)78-69)70-65(73)59-57-55-53-51-49-47-45-43-41-39-36-26-24-22-20-18-16-14-12-10-8-6-4-2/h6,8,12,14,18,20,24,26,39-42,48,50,56,58,62-64,66-69,71-72,74-76H,3-5,7,9-11,13,15-17,19,21-23,25,27-38,43-47,49,51-55,57,59-61H2,1-2H3,(H,70,73)/b8-6-,14-12-,20-18-,26-24-,41-39-,42-40+,50-48+,58-56+. The maximum Gasteiger partial charge on any atom is 0.220 e. The summed E-state index contributed by atoms with van der Waals surface area (Å²) in [5.41, 5.74) is 0. The van der Waals surface area contributed by atoms with E-state index in [1.165, 1.54) is 167 Å². The van der Waals surface area contributed by atoms with Gasteiger partial charge in [0.05, 0.1) is 25.4 Å². The Morgan fingerprint density at radius 1 is 0.449 bits per heavy atom. The van der Waals surface area contributed by atoms with Gasteiger partial charge in [-0.05, 0) is 89.9 Å². The van der Waals surface area contributed by atoms with Crippen LogP contribution >= 0.6 is 0 Å². The Labute approximate surface area is 479 Å². The van der Waals surface area contributed by atoms with Gasteiger partial charge in [-0.3, -0.25) is 4.79 Å². The Morgan fingerprint density at radius 2 is 0.808 bits per heavy atom. The van der Waals surface area contributed by atoms with Gasteiger partial charge in [0.1, 0.15) is 24.4 Å². The molecule has 0 aromatic carbocycles. The molecule has 0 bridgehead atoms. The summed E-state index contributed by atoms with van der Waals surface area (Å²) in [5, 5.41) is 54.6. The topological polar surface area (TPSA) is 149 Å². The van der Waals surface area contributed by atoms with Crippen molar-refractivity contribution < 1.29 is 39.8 Å². The average Bonchev–Trinajstić information content (AvgIpc) is 3.45. The van der Waals surface area contributed by atoms with E-state index in [0.29, 0.717) is 6.42 Å². The first kappa shape index (κ1) is 73.1. The minimum Gasteiger partial charge on any atom is -0.394 e. The zero-order valence-corrected chi connectivity index (χ0v) is 50.1. The van der Waals surface area contributed by atoms with Crippen molar-refractivity contribution in [1.29, 1.82) is 0 Å². The summed E-state index contributed by atoms with van der Waals surface area (Å²) in [4.78, 5) is 13.1. The van der Waals surface area contributed by atoms with Crippen LogP contribution in [0.4, 0.5) is 0 Å². The fourth-order valence-electron chi connectivity index (χ4n) is 9.81. The van der Waals surface area contributed by atoms with Crippen LogP contribution in [0.2, 0.25) is 0 Å². The molecule has 7 unspecified atom stereocenters. The van der Waals surface area contributed by atoms with E-state index >= 15 is 0 Å². The molecule has 0 radical (unpaired) electrons. The van der Waals surface area contributed by atoms with Crippen LogP contribution in [0.25, 0.3) is 0 Å². The first-order valence-electron chi connectivity index (χ1n) is 32.5. The van der Waals surface area contributed by atoms with Gasteiger partial charge in [-0.1, -0.05) is 278 Å². The number of carbonyl (C=O) groups excluding carboxylic acids is 1. The predicted octanol–water partition coefficient (Wildman–Crippen LogP) is 17.1. The minimum atomic E-state index is -1.58. The first-order valence-corrected chi connectivity index (χ1v) is 32.5. The number of hydrogen-bond donors (Lipinski definition) is 6. The van der Waals surface area contributed by atoms with Crippen molar-refractivity contribution in [3.05, 3.63) is 97.2 Å². The van der Waals surface area contributed by atoms with Crippen molar-refractivity contribution in [3.63, 3.8) is 0 Å². The highest BCUT2D eigenvalue weighted by Gasteiger charge is 2.44. The number of unbranched alkanes of at least 4 members (excludes halogenated alkanes) is 31. The van der Waals surface area contributed by atoms with E-state index in [9.17, 15) is 30.3 Å². The first-order chi connectivity index (χ1) is 38.3. The van der Waals surface area contributed by atoms with Gasteiger partial charge in [0.2, 0.25) is 5.91 Å². The maximum atomic E-state index is 13.1. The Balaban J connectivity index is 2.22. The Kier molecular flexibility index (Phi) is 53.8. The van der Waals surface area contributed by atoms with Crippen LogP contribution in [0.15, 0.2) is 97.2 Å². The smallest absolute Gasteiger partial charge is 0.220 e. The van der Waals surface area contributed by atoms with Gasteiger partial charge in [-0.25, -0.2) is 0 Å². The molecule has 1 amide bonds. The fourth-order valence-corrected chi connectivity index (χ4v) is 9.81. The van der Waals surface area contributed by atoms with E-state index < -0.39 is 49.5 Å². The molecule has 1 rings (SSSR count). The molecule has 0 saturated carbocycles. The van der Waals surface area contributed by atoms with Crippen LogP contribution in [-0.4, -0.2) is 87.5 Å². The third-order valence-electron chi connectivity index (χ3n) is 14.9. The van der Waals surface area contributed by atoms with Crippen LogP contribution < -0.4 is 5.32 Å². The second-order valence-electron chi connectivity index (χ2n) is 22.2. The van der Waals surface area contributed by atoms with Crippen molar-refractivity contribution in [3.8, 4) is 0 Å². The molecule has 1 saturated heterocycles. The highest BCUT2D eigenvalue weighted by Crippen LogP contribution is 2.23. The highest BCUT2D eigenvalue weighted by molar-refractivity contribution is 5.76. The average molecular weight is 1090 g/mol. The molecular formula is C69H121NO8. The van der Waals surface area contributed by atoms with Gasteiger partial charge in [-0.15, -0.1) is 0 Å². The van der Waals surface area contributed by atoms with Gasteiger partial charge < -0.3 is 40.3 Å². The molecule has 0 aromatic heterocycles. The van der Waals surface area contributed by atoms with Crippen LogP contribution in [0.3, 0.4) is 0 Å². The number of nitrogens with one attached hydrogen (secondary N) is 1. The number of carbonyl (C=O) groups is 1. The largest absolute Gasteiger partial charge is 0.394 e. The van der Waals surface area contributed by atoms with E-state index in [0.717, 1.165) is 89.9 Å². The Morgan fingerprint density at radius 3 is 1.23 bits per heavy atom. The fraction of sp³-hybridized carbons (Fsp3) is 0.754. The molecule has 78 heavy (non-hydrogen) atoms. The molecule has 9 heteroatoms. The normalized spacial score (nSPS) is 19.3. The molecule has 0 aliphatic carbocycles. The summed E-state index contributed by atoms with van der Waals surface area (Å²) >= 11 is 0. The quantitative estimate of drug-likeness (QED) is 0.0261. The van der Waals surface area contributed by atoms with Crippen molar-refractivity contribution in [2.24, 2.45) is 0 Å². The number of amides is 1. The summed E-state index contributed by atoms with van der Waals surface area (Å²) in [6.07, 6.45) is 76.4. The van der Waals surface area contributed by atoms with Crippen LogP contribution in [0.5, 0.6) is 0 Å². The lowest BCUT2D eigenvalue weighted by Crippen LogP contribution is -2.60. The lowest BCUT2D eigenvalue weighted by atomic mass is 9.99. The summed E-state index contributed by atoms with van der Waals surface area (Å²) in [6.45, 7) is 3.66. The maximum absolute atomic E-state index is 13.1. The van der Waals surface area contributed by atoms with E-state index in [2.05, 4.69) is 104 Å². The van der Waals surface area contributed by atoms with Crippen LogP contribution in [-0.2, 0) is 14.3 Å². The number of aliphatic hydroxyl groups excluding tert-OH is 5. The van der Waals surface area contributed by atoms with E-state index in [4.69, 9.17) is 9.47 Å². The van der Waals surface area contributed by atoms with Crippen LogP contribution in [0, 0.1) is 0 Å². The van der Waals surface area contributed by atoms with Crippen molar-refractivity contribution in [2.75, 3.05) is 13.2 Å². The molecule has 0 aromatic rings. The molecule has 1 aliphatic heterocycles. The van der Waals surface area contributed by atoms with Gasteiger partial charge in [0, 0.05) is 6.42 Å². The molecule has 1 aliphatic rings. The molecule has 9 nitrogen and oxygen atoms in total. The minimum absolute atomic E-state index is 0.204. The molecular weight excluding hydrogens is 971 g/mol. The lowest BCUT2D eigenvalue weighted by Gasteiger charge is -2.40. The number of aliphatic hydroxyl groups is 5. The molecule has 6 N–H and O–H groups in total. The zero-order valence-electron chi connectivity index (χ0n) is 50.1. The molecule has 7 atom stereocenters. The van der Waals surface area contributed by atoms with Crippen molar-refractivity contribution >= 4 is 5.91 Å². The van der Waals surface area contributed by atoms with E-state index in [1.54, 1.807) is 6.08 Å². The van der Waals surface area contributed by atoms with E-state index in [-0.39, 0.29) is 12.5 Å². The lowest BCUT2D eigenvalue weighted by molar-refractivity contribution is -0.302. The van der Waals surface area contributed by atoms with Crippen LogP contribution in [0.1, 0.15) is 277 Å². The second-order valence-corrected chi connectivity index (χ2v) is 22.2. The third kappa shape index (κ3) is 45.8. The summed E-state index contributed by atoms with van der Waals surface area (Å²) in [5.74, 6) is -0.204. The zero-order chi connectivity index (χ0) is 56.5. The number of hydrogen-bond acceptors (Lipinski definition) is 8. The summed E-state index contributed by atoms with van der Waals surface area (Å²) < 4.78 is 11.3. The summed E-state index contributed by atoms with van der Waals surface area (Å²) in [7, 11) is 0. The Hall–Kier alpha value is -2.89. The number of allylic oxidation sites excluding steroid dienone is 15. The highest BCUT2D eigenvalue weighted by atomic mass is 16.7. The summed E-state index contributed by atoms with van der Waals surface area (Å²) in [6, 6.07) is -0.843. The predicted molar refractivity (Wildman–Crippen MR) is 331 cm³/mol. The SMILES string of the molecule is CC/C=C\C/C=C\C/C=C\C/C=C\C/C=C\CCCCCCCCCC(=O)NC(COC1OC(CO)C(O)C(O)C1O)C(O)/C=C/CC/C=C/CC/C=C/CCCCCCCCCCCCCCCCCCCCCCCC. The van der Waals surface area contributed by atoms with Gasteiger partial charge in [0.25, 0.3) is 0 Å². The molecule has 450 valence electrons. The molecule has 1 heterocycles. The molecule has 0 spiro atoms. The van der Waals surface area contributed by atoms with Crippen molar-refractivity contribution in [2.45, 2.75) is 320 Å². The monoisotopic (exact) mass is 1090 g/mol. The van der Waals surface area contributed by atoms with Gasteiger partial charge in [0.15, 0.2) is 6.29 Å². The van der Waals surface area contributed by atoms with E-state index in [1.807, 2.05) is 6.08 Å². The second kappa shape index (κ2) is 57.3. The van der Waals surface area contributed by atoms with Crippen molar-refractivity contribution in [1.82, 2.24) is 5.32 Å². The van der Waals surface area contributed by atoms with Gasteiger partial charge in [-0.2, -0.15) is 0 Å². The molecule has 1 fully saturated rings. The third-order valence-corrected chi connectivity index (χ3v) is 14.9. The Bertz CT molecular complexity index is 1550.